The minimum atomic E-state index is 0.251. The lowest BCUT2D eigenvalue weighted by atomic mass is 10.0. The molecule has 4 rings (SSSR count). The van der Waals surface area contributed by atoms with E-state index in [9.17, 15) is 5.11 Å². The molecule has 1 heterocycles. The van der Waals surface area contributed by atoms with Gasteiger partial charge < -0.3 is 9.67 Å². The summed E-state index contributed by atoms with van der Waals surface area (Å²) in [5.74, 6) is 1.15. The van der Waals surface area contributed by atoms with Gasteiger partial charge in [-0.1, -0.05) is 60.7 Å². The van der Waals surface area contributed by atoms with Crippen LogP contribution in [0.2, 0.25) is 0 Å². The Morgan fingerprint density at radius 2 is 1.43 bits per heavy atom. The van der Waals surface area contributed by atoms with E-state index in [1.165, 1.54) is 0 Å². The number of fused-ring (bicyclic) bond motifs is 1. The molecule has 3 nitrogen and oxygen atoms in total. The number of aryl methyl sites for hydroxylation is 1. The van der Waals surface area contributed by atoms with Crippen molar-refractivity contribution in [3.05, 3.63) is 72.8 Å². The van der Waals surface area contributed by atoms with E-state index in [1.807, 2.05) is 73.8 Å². The van der Waals surface area contributed by atoms with Crippen LogP contribution in [0, 0.1) is 0 Å². The Morgan fingerprint density at radius 1 is 0.826 bits per heavy atom. The zero-order valence-electron chi connectivity index (χ0n) is 12.8. The van der Waals surface area contributed by atoms with Crippen molar-refractivity contribution in [1.29, 1.82) is 0 Å². The van der Waals surface area contributed by atoms with Gasteiger partial charge in [-0.05, 0) is 11.6 Å². The normalized spacial score (nSPS) is 11.0. The molecule has 0 aliphatic rings. The van der Waals surface area contributed by atoms with E-state index in [1.54, 1.807) is 6.07 Å². The van der Waals surface area contributed by atoms with Crippen molar-refractivity contribution in [2.75, 3.05) is 0 Å². The Hall–Kier alpha value is -3.07. The molecule has 0 aliphatic carbocycles. The average molecular weight is 300 g/mol. The van der Waals surface area contributed by atoms with E-state index in [0.717, 1.165) is 33.5 Å². The largest absolute Gasteiger partial charge is 0.507 e. The monoisotopic (exact) mass is 300 g/mol. The summed E-state index contributed by atoms with van der Waals surface area (Å²) in [6.07, 6.45) is 0. The molecule has 112 valence electrons. The van der Waals surface area contributed by atoms with E-state index in [0.29, 0.717) is 0 Å². The first-order chi connectivity index (χ1) is 11.2. The van der Waals surface area contributed by atoms with Crippen LogP contribution in [0.4, 0.5) is 0 Å². The molecular formula is C20H16N2O. The molecule has 0 amide bonds. The maximum atomic E-state index is 10.4. The Balaban J connectivity index is 1.94. The van der Waals surface area contributed by atoms with Crippen LogP contribution in [-0.2, 0) is 7.05 Å². The fourth-order valence-electron chi connectivity index (χ4n) is 2.92. The number of aromatic nitrogens is 2. The van der Waals surface area contributed by atoms with Gasteiger partial charge in [0.2, 0.25) is 0 Å². The zero-order chi connectivity index (χ0) is 15.8. The fraction of sp³-hybridized carbons (Fsp3) is 0.0500. The summed E-state index contributed by atoms with van der Waals surface area (Å²) in [5, 5.41) is 10.4. The van der Waals surface area contributed by atoms with Gasteiger partial charge in [-0.25, -0.2) is 4.98 Å². The molecule has 23 heavy (non-hydrogen) atoms. The SMILES string of the molecule is Cn1c(-c2ccccc2)nc2cc(O)c(-c3ccccc3)cc21. The molecule has 4 aromatic rings. The predicted molar refractivity (Wildman–Crippen MR) is 93.3 cm³/mol. The maximum Gasteiger partial charge on any atom is 0.140 e. The first-order valence-electron chi connectivity index (χ1n) is 7.54. The molecule has 1 aromatic heterocycles. The van der Waals surface area contributed by atoms with E-state index in [-0.39, 0.29) is 5.75 Å². The smallest absolute Gasteiger partial charge is 0.140 e. The van der Waals surface area contributed by atoms with Gasteiger partial charge in [0.1, 0.15) is 11.6 Å². The molecule has 0 saturated carbocycles. The van der Waals surface area contributed by atoms with Gasteiger partial charge >= 0.3 is 0 Å². The van der Waals surface area contributed by atoms with Gasteiger partial charge in [-0.15, -0.1) is 0 Å². The molecule has 0 saturated heterocycles. The van der Waals surface area contributed by atoms with Crippen molar-refractivity contribution in [2.24, 2.45) is 7.05 Å². The first kappa shape index (κ1) is 13.6. The van der Waals surface area contributed by atoms with Crippen LogP contribution < -0.4 is 0 Å². The lowest BCUT2D eigenvalue weighted by Crippen LogP contribution is -1.92. The molecule has 1 N–H and O–H groups in total. The molecule has 0 aliphatic heterocycles. The molecule has 0 radical (unpaired) electrons. The molecule has 3 aromatic carbocycles. The van der Waals surface area contributed by atoms with Crippen LogP contribution in [-0.4, -0.2) is 14.7 Å². The zero-order valence-corrected chi connectivity index (χ0v) is 12.8. The number of nitrogens with zero attached hydrogens (tertiary/aromatic N) is 2. The Morgan fingerprint density at radius 3 is 2.09 bits per heavy atom. The molecule has 0 atom stereocenters. The van der Waals surface area contributed by atoms with Crippen LogP contribution in [0.5, 0.6) is 5.75 Å². The van der Waals surface area contributed by atoms with Crippen LogP contribution in [0.15, 0.2) is 72.8 Å². The Kier molecular flexibility index (Phi) is 3.12. The number of phenolic OH excluding ortho intramolecular Hbond substituents is 1. The lowest BCUT2D eigenvalue weighted by Gasteiger charge is -2.06. The highest BCUT2D eigenvalue weighted by Crippen LogP contribution is 2.34. The predicted octanol–water partition coefficient (Wildman–Crippen LogP) is 4.61. The minimum Gasteiger partial charge on any atom is -0.507 e. The van der Waals surface area contributed by atoms with E-state index in [4.69, 9.17) is 0 Å². The van der Waals surface area contributed by atoms with Crippen LogP contribution in [0.3, 0.4) is 0 Å². The van der Waals surface area contributed by atoms with Gasteiger partial charge in [0.15, 0.2) is 0 Å². The number of hydrogen-bond acceptors (Lipinski definition) is 2. The second-order valence-electron chi connectivity index (χ2n) is 5.58. The van der Waals surface area contributed by atoms with Crippen molar-refractivity contribution >= 4 is 11.0 Å². The third kappa shape index (κ3) is 2.27. The number of benzene rings is 3. The number of aromatic hydroxyl groups is 1. The summed E-state index contributed by atoms with van der Waals surface area (Å²) < 4.78 is 2.07. The summed E-state index contributed by atoms with van der Waals surface area (Å²) in [6.45, 7) is 0. The topological polar surface area (TPSA) is 38.0 Å². The first-order valence-corrected chi connectivity index (χ1v) is 7.54. The average Bonchev–Trinajstić information content (AvgIpc) is 2.91. The quantitative estimate of drug-likeness (QED) is 0.587. The van der Waals surface area contributed by atoms with Crippen LogP contribution in [0.25, 0.3) is 33.5 Å². The summed E-state index contributed by atoms with van der Waals surface area (Å²) in [5.41, 5.74) is 4.67. The number of rotatable bonds is 2. The molecule has 0 bridgehead atoms. The molecule has 3 heteroatoms. The van der Waals surface area contributed by atoms with Crippen molar-refractivity contribution in [1.82, 2.24) is 9.55 Å². The molecule has 0 spiro atoms. The summed E-state index contributed by atoms with van der Waals surface area (Å²) in [6, 6.07) is 23.7. The highest BCUT2D eigenvalue weighted by Gasteiger charge is 2.13. The van der Waals surface area contributed by atoms with Crippen LogP contribution in [0.1, 0.15) is 0 Å². The Bertz CT molecular complexity index is 973. The van der Waals surface area contributed by atoms with E-state index in [2.05, 4.69) is 9.55 Å². The number of imidazole rings is 1. The van der Waals surface area contributed by atoms with E-state index < -0.39 is 0 Å². The summed E-state index contributed by atoms with van der Waals surface area (Å²) in [7, 11) is 2.00. The summed E-state index contributed by atoms with van der Waals surface area (Å²) in [4.78, 5) is 4.68. The molecule has 0 unspecified atom stereocenters. The van der Waals surface area contributed by atoms with Gasteiger partial charge in [0.05, 0.1) is 11.0 Å². The second kappa shape index (κ2) is 5.29. The standard InChI is InChI=1S/C20H16N2O/c1-22-18-12-16(14-8-4-2-5-9-14)19(23)13-17(18)21-20(22)15-10-6-3-7-11-15/h2-13,23H,1H3. The van der Waals surface area contributed by atoms with Crippen molar-refractivity contribution in [2.45, 2.75) is 0 Å². The highest BCUT2D eigenvalue weighted by atomic mass is 16.3. The Labute approximate surface area is 134 Å². The molecule has 0 fully saturated rings. The summed E-state index contributed by atoms with van der Waals surface area (Å²) >= 11 is 0. The molecular weight excluding hydrogens is 284 g/mol. The minimum absolute atomic E-state index is 0.251. The third-order valence-electron chi connectivity index (χ3n) is 4.12. The number of hydrogen-bond donors (Lipinski definition) is 1. The van der Waals surface area contributed by atoms with Crippen molar-refractivity contribution < 1.29 is 5.11 Å². The highest BCUT2D eigenvalue weighted by molar-refractivity contribution is 5.88. The maximum absolute atomic E-state index is 10.4. The van der Waals surface area contributed by atoms with Crippen molar-refractivity contribution in [3.63, 3.8) is 0 Å². The second-order valence-corrected chi connectivity index (χ2v) is 5.58. The van der Waals surface area contributed by atoms with Gasteiger partial charge in [-0.3, -0.25) is 0 Å². The van der Waals surface area contributed by atoms with Crippen LogP contribution >= 0.6 is 0 Å². The number of phenols is 1. The van der Waals surface area contributed by atoms with Crippen molar-refractivity contribution in [3.8, 4) is 28.3 Å². The third-order valence-corrected chi connectivity index (χ3v) is 4.12. The lowest BCUT2D eigenvalue weighted by molar-refractivity contribution is 0.478. The fourth-order valence-corrected chi connectivity index (χ4v) is 2.92. The van der Waals surface area contributed by atoms with Gasteiger partial charge in [0.25, 0.3) is 0 Å². The van der Waals surface area contributed by atoms with E-state index >= 15 is 0 Å². The van der Waals surface area contributed by atoms with Gasteiger partial charge in [-0.2, -0.15) is 0 Å². The van der Waals surface area contributed by atoms with Gasteiger partial charge in [0, 0.05) is 24.2 Å².